The number of Topliss-reactive ketones (excluding diaryl/α,β-unsaturated/α-hetero) is 1. The first kappa shape index (κ1) is 19.5. The Morgan fingerprint density at radius 3 is 2.39 bits per heavy atom. The van der Waals surface area contributed by atoms with E-state index < -0.39 is 12.1 Å². The zero-order chi connectivity index (χ0) is 20.1. The van der Waals surface area contributed by atoms with Crippen LogP contribution in [0.4, 0.5) is 5.69 Å². The Labute approximate surface area is 163 Å². The molecule has 1 heterocycles. The van der Waals surface area contributed by atoms with Crippen LogP contribution in [0.2, 0.25) is 0 Å². The molecule has 0 saturated heterocycles. The second kappa shape index (κ2) is 8.61. The Hall–Kier alpha value is -3.28. The highest BCUT2D eigenvalue weighted by molar-refractivity contribution is 6.38. The third-order valence-corrected chi connectivity index (χ3v) is 4.57. The smallest absolute Gasteiger partial charge is 0.355 e. The number of esters is 1. The SMILES string of the molecule is CCc1ccc(C(=O)C(C)OC(=O)C2=NN(c3ccccc3)C(=O)CC2)cc1. The van der Waals surface area contributed by atoms with Crippen LogP contribution in [0, 0.1) is 0 Å². The number of anilines is 1. The highest BCUT2D eigenvalue weighted by Gasteiger charge is 2.28. The van der Waals surface area contributed by atoms with Crippen LogP contribution in [0.3, 0.4) is 0 Å². The molecule has 6 nitrogen and oxygen atoms in total. The molecule has 2 aromatic carbocycles. The van der Waals surface area contributed by atoms with Crippen molar-refractivity contribution in [2.45, 2.75) is 39.2 Å². The van der Waals surface area contributed by atoms with Gasteiger partial charge in [0.1, 0.15) is 5.71 Å². The lowest BCUT2D eigenvalue weighted by atomic mass is 10.0. The molecule has 1 atom stereocenters. The van der Waals surface area contributed by atoms with E-state index in [1.165, 1.54) is 11.9 Å². The second-order valence-corrected chi connectivity index (χ2v) is 6.55. The molecule has 0 spiro atoms. The van der Waals surface area contributed by atoms with E-state index in [0.29, 0.717) is 11.3 Å². The van der Waals surface area contributed by atoms with Gasteiger partial charge in [-0.3, -0.25) is 9.59 Å². The van der Waals surface area contributed by atoms with Gasteiger partial charge in [0.05, 0.1) is 5.69 Å². The number of rotatable bonds is 6. The summed E-state index contributed by atoms with van der Waals surface area (Å²) < 4.78 is 5.32. The van der Waals surface area contributed by atoms with Crippen LogP contribution in [0.25, 0.3) is 0 Å². The lowest BCUT2D eigenvalue weighted by Gasteiger charge is -2.23. The predicted octanol–water partition coefficient (Wildman–Crippen LogP) is 3.55. The molecule has 144 valence electrons. The van der Waals surface area contributed by atoms with Crippen molar-refractivity contribution in [2.75, 3.05) is 5.01 Å². The molecule has 1 amide bonds. The van der Waals surface area contributed by atoms with Crippen LogP contribution in [-0.2, 0) is 20.7 Å². The first-order chi connectivity index (χ1) is 13.5. The number of amides is 1. The molecule has 0 aliphatic carbocycles. The number of aryl methyl sites for hydroxylation is 1. The summed E-state index contributed by atoms with van der Waals surface area (Å²) in [7, 11) is 0. The molecule has 1 aliphatic rings. The third kappa shape index (κ3) is 4.34. The van der Waals surface area contributed by atoms with Crippen LogP contribution in [0.15, 0.2) is 59.7 Å². The van der Waals surface area contributed by atoms with Gasteiger partial charge in [0, 0.05) is 18.4 Å². The predicted molar refractivity (Wildman–Crippen MR) is 106 cm³/mol. The summed E-state index contributed by atoms with van der Waals surface area (Å²) in [6, 6.07) is 16.1. The van der Waals surface area contributed by atoms with Crippen LogP contribution >= 0.6 is 0 Å². The van der Waals surface area contributed by atoms with Crippen molar-refractivity contribution in [1.82, 2.24) is 0 Å². The fourth-order valence-corrected chi connectivity index (χ4v) is 2.89. The highest BCUT2D eigenvalue weighted by atomic mass is 16.5. The van der Waals surface area contributed by atoms with Gasteiger partial charge < -0.3 is 4.74 Å². The summed E-state index contributed by atoms with van der Waals surface area (Å²) in [4.78, 5) is 37.1. The topological polar surface area (TPSA) is 76.0 Å². The molecule has 3 rings (SSSR count). The highest BCUT2D eigenvalue weighted by Crippen LogP contribution is 2.20. The fraction of sp³-hybridized carbons (Fsp3) is 0.273. The van der Waals surface area contributed by atoms with Gasteiger partial charge in [-0.25, -0.2) is 9.80 Å². The van der Waals surface area contributed by atoms with Crippen molar-refractivity contribution in [1.29, 1.82) is 0 Å². The van der Waals surface area contributed by atoms with E-state index in [1.54, 1.807) is 36.4 Å². The number of hydrogen-bond donors (Lipinski definition) is 0. The van der Waals surface area contributed by atoms with Crippen LogP contribution in [-0.4, -0.2) is 29.5 Å². The first-order valence-corrected chi connectivity index (χ1v) is 9.29. The van der Waals surface area contributed by atoms with Crippen molar-refractivity contribution in [3.05, 3.63) is 65.7 Å². The number of benzene rings is 2. The normalized spacial score (nSPS) is 15.0. The molecule has 28 heavy (non-hydrogen) atoms. The van der Waals surface area contributed by atoms with E-state index in [1.807, 2.05) is 25.1 Å². The van der Waals surface area contributed by atoms with Gasteiger partial charge in [-0.2, -0.15) is 5.10 Å². The molecule has 0 saturated carbocycles. The van der Waals surface area contributed by atoms with Crippen molar-refractivity contribution in [3.63, 3.8) is 0 Å². The molecule has 0 bridgehead atoms. The van der Waals surface area contributed by atoms with Crippen LogP contribution < -0.4 is 5.01 Å². The first-order valence-electron chi connectivity index (χ1n) is 9.29. The van der Waals surface area contributed by atoms with Gasteiger partial charge in [-0.15, -0.1) is 0 Å². The number of ether oxygens (including phenoxy) is 1. The maximum absolute atomic E-state index is 12.5. The zero-order valence-corrected chi connectivity index (χ0v) is 15.9. The van der Waals surface area contributed by atoms with E-state index in [-0.39, 0.29) is 30.2 Å². The Morgan fingerprint density at radius 2 is 1.75 bits per heavy atom. The minimum atomic E-state index is -0.939. The van der Waals surface area contributed by atoms with Gasteiger partial charge >= 0.3 is 5.97 Å². The quantitative estimate of drug-likeness (QED) is 0.569. The van der Waals surface area contributed by atoms with Gasteiger partial charge in [-0.1, -0.05) is 49.4 Å². The summed E-state index contributed by atoms with van der Waals surface area (Å²) in [6.45, 7) is 3.58. The summed E-state index contributed by atoms with van der Waals surface area (Å²) in [6.07, 6.45) is 0.289. The Morgan fingerprint density at radius 1 is 1.07 bits per heavy atom. The van der Waals surface area contributed by atoms with E-state index in [0.717, 1.165) is 12.0 Å². The third-order valence-electron chi connectivity index (χ3n) is 4.57. The Bertz CT molecular complexity index is 904. The second-order valence-electron chi connectivity index (χ2n) is 6.55. The standard InChI is InChI=1S/C22H22N2O4/c1-3-16-9-11-17(12-10-16)21(26)15(2)28-22(27)19-13-14-20(25)24(23-19)18-7-5-4-6-8-18/h4-12,15H,3,13-14H2,1-2H3. The zero-order valence-electron chi connectivity index (χ0n) is 15.9. The minimum absolute atomic E-state index is 0.129. The van der Waals surface area contributed by atoms with Crippen LogP contribution in [0.1, 0.15) is 42.6 Å². The molecule has 2 aromatic rings. The van der Waals surface area contributed by atoms with E-state index in [9.17, 15) is 14.4 Å². The summed E-state index contributed by atoms with van der Waals surface area (Å²) in [5.41, 5.74) is 2.33. The average molecular weight is 378 g/mol. The van der Waals surface area contributed by atoms with Gasteiger partial charge in [0.15, 0.2) is 6.10 Å². The number of ketones is 1. The number of carbonyl (C=O) groups excluding carboxylic acids is 3. The van der Waals surface area contributed by atoms with Gasteiger partial charge in [0.25, 0.3) is 0 Å². The molecule has 1 aliphatic heterocycles. The summed E-state index contributed by atoms with van der Waals surface area (Å²) >= 11 is 0. The van der Waals surface area contributed by atoms with E-state index in [2.05, 4.69) is 5.10 Å². The number of hydrazone groups is 1. The summed E-state index contributed by atoms with van der Waals surface area (Å²) in [5.74, 6) is -1.15. The lowest BCUT2D eigenvalue weighted by molar-refractivity contribution is -0.138. The average Bonchev–Trinajstić information content (AvgIpc) is 2.74. The molecule has 6 heteroatoms. The van der Waals surface area contributed by atoms with Gasteiger partial charge in [-0.05, 0) is 31.0 Å². The van der Waals surface area contributed by atoms with Crippen molar-refractivity contribution >= 4 is 29.1 Å². The van der Waals surface area contributed by atoms with Crippen molar-refractivity contribution in [3.8, 4) is 0 Å². The van der Waals surface area contributed by atoms with Gasteiger partial charge in [0.2, 0.25) is 11.7 Å². The molecular weight excluding hydrogens is 356 g/mol. The fourth-order valence-electron chi connectivity index (χ4n) is 2.89. The minimum Gasteiger partial charge on any atom is -0.450 e. The number of para-hydroxylation sites is 1. The Balaban J connectivity index is 1.70. The largest absolute Gasteiger partial charge is 0.450 e. The maximum Gasteiger partial charge on any atom is 0.355 e. The number of hydrogen-bond acceptors (Lipinski definition) is 5. The van der Waals surface area contributed by atoms with Crippen molar-refractivity contribution < 1.29 is 19.1 Å². The van der Waals surface area contributed by atoms with E-state index in [4.69, 9.17) is 4.74 Å². The molecule has 0 radical (unpaired) electrons. The van der Waals surface area contributed by atoms with Crippen LogP contribution in [0.5, 0.6) is 0 Å². The monoisotopic (exact) mass is 378 g/mol. The molecule has 0 aromatic heterocycles. The molecule has 0 fully saturated rings. The maximum atomic E-state index is 12.5. The molecule has 1 unspecified atom stereocenters. The number of nitrogens with zero attached hydrogens (tertiary/aromatic N) is 2. The van der Waals surface area contributed by atoms with E-state index >= 15 is 0 Å². The number of carbonyl (C=O) groups is 3. The lowest BCUT2D eigenvalue weighted by Crippen LogP contribution is -2.36. The Kier molecular flexibility index (Phi) is 5.99. The summed E-state index contributed by atoms with van der Waals surface area (Å²) in [5, 5.41) is 5.36. The molecule has 0 N–H and O–H groups in total. The van der Waals surface area contributed by atoms with Crippen molar-refractivity contribution in [2.24, 2.45) is 5.10 Å². The molecular formula is C22H22N2O4.